The summed E-state index contributed by atoms with van der Waals surface area (Å²) in [4.78, 5) is 13.2. The summed E-state index contributed by atoms with van der Waals surface area (Å²) in [5, 5.41) is 6.74. The fraction of sp³-hybridized carbons (Fsp3) is 0.286. The second-order valence-corrected chi connectivity index (χ2v) is 6.16. The number of aromatic nitrogens is 3. The molecule has 0 bridgehead atoms. The Balaban J connectivity index is 0.00000280. The van der Waals surface area contributed by atoms with Crippen molar-refractivity contribution in [2.45, 2.75) is 33.4 Å². The summed E-state index contributed by atoms with van der Waals surface area (Å²) < 4.78 is 1.89. The molecule has 1 aromatic carbocycles. The number of rotatable bonds is 7. The Morgan fingerprint density at radius 2 is 1.89 bits per heavy atom. The van der Waals surface area contributed by atoms with Crippen LogP contribution in [0.15, 0.2) is 66.3 Å². The maximum absolute atomic E-state index is 4.72. The number of hydrogen-bond donors (Lipinski definition) is 2. The van der Waals surface area contributed by atoms with E-state index in [0.717, 1.165) is 36.9 Å². The zero-order chi connectivity index (χ0) is 18.9. The predicted molar refractivity (Wildman–Crippen MR) is 124 cm³/mol. The lowest BCUT2D eigenvalue weighted by Gasteiger charge is -2.13. The van der Waals surface area contributed by atoms with Gasteiger partial charge in [0.05, 0.1) is 6.54 Å². The van der Waals surface area contributed by atoms with Crippen LogP contribution in [0.25, 0.3) is 5.82 Å². The lowest BCUT2D eigenvalue weighted by Crippen LogP contribution is -2.37. The molecule has 0 aliphatic rings. The summed E-state index contributed by atoms with van der Waals surface area (Å²) in [7, 11) is 0. The van der Waals surface area contributed by atoms with Crippen molar-refractivity contribution in [3.63, 3.8) is 0 Å². The molecule has 0 aliphatic heterocycles. The van der Waals surface area contributed by atoms with E-state index < -0.39 is 0 Å². The van der Waals surface area contributed by atoms with Gasteiger partial charge in [-0.1, -0.05) is 31.2 Å². The lowest BCUT2D eigenvalue weighted by atomic mass is 10.1. The third-order valence-corrected chi connectivity index (χ3v) is 4.29. The minimum atomic E-state index is 0. The highest BCUT2D eigenvalue weighted by molar-refractivity contribution is 14.0. The summed E-state index contributed by atoms with van der Waals surface area (Å²) in [6, 6.07) is 12.5. The first-order valence-corrected chi connectivity index (χ1v) is 9.32. The average molecular weight is 490 g/mol. The molecule has 0 spiro atoms. The smallest absolute Gasteiger partial charge is 0.191 e. The zero-order valence-corrected chi connectivity index (χ0v) is 18.6. The topological polar surface area (TPSA) is 67.1 Å². The van der Waals surface area contributed by atoms with Crippen molar-refractivity contribution in [2.75, 3.05) is 6.54 Å². The van der Waals surface area contributed by atoms with Gasteiger partial charge in [-0.05, 0) is 42.2 Å². The van der Waals surface area contributed by atoms with E-state index in [4.69, 9.17) is 4.99 Å². The molecular weight excluding hydrogens is 463 g/mol. The maximum atomic E-state index is 4.72. The molecule has 0 atom stereocenters. The van der Waals surface area contributed by atoms with E-state index in [0.29, 0.717) is 6.54 Å². The molecule has 3 aromatic rings. The molecule has 2 aromatic heterocycles. The summed E-state index contributed by atoms with van der Waals surface area (Å²) in [5.74, 6) is 1.65. The number of benzene rings is 1. The second-order valence-electron chi connectivity index (χ2n) is 6.16. The Kier molecular flexibility index (Phi) is 8.93. The van der Waals surface area contributed by atoms with Gasteiger partial charge in [0, 0.05) is 31.7 Å². The highest BCUT2D eigenvalue weighted by Crippen LogP contribution is 2.10. The average Bonchev–Trinajstić information content (AvgIpc) is 3.25. The fourth-order valence-electron chi connectivity index (χ4n) is 2.86. The number of nitrogens with one attached hydrogen (secondary N) is 2. The number of aliphatic imine (C=N–C) groups is 1. The molecule has 7 heteroatoms. The molecule has 28 heavy (non-hydrogen) atoms. The molecule has 0 fully saturated rings. The molecule has 3 rings (SSSR count). The van der Waals surface area contributed by atoms with E-state index in [9.17, 15) is 0 Å². The predicted octanol–water partition coefficient (Wildman–Crippen LogP) is 3.70. The summed E-state index contributed by atoms with van der Waals surface area (Å²) in [5.41, 5.74) is 3.76. The van der Waals surface area contributed by atoms with Gasteiger partial charge in [0.25, 0.3) is 0 Å². The standard InChI is InChI=1S/C21H26N6.HI/c1-3-18-7-5-6-8-19(18)15-26-21(23-4-2)25-14-17-9-10-24-20(13-17)27-12-11-22-16-27;/h5-13,16H,3-4,14-15H2,1-2H3,(H2,23,25,26);1H. The minimum absolute atomic E-state index is 0. The second kappa shape index (κ2) is 11.4. The SMILES string of the molecule is CCNC(=NCc1ccnc(-n2ccnc2)c1)NCc1ccccc1CC.I. The van der Waals surface area contributed by atoms with Crippen LogP contribution in [0.3, 0.4) is 0 Å². The number of aryl methyl sites for hydroxylation is 1. The molecule has 0 amide bonds. The van der Waals surface area contributed by atoms with Gasteiger partial charge >= 0.3 is 0 Å². The molecule has 0 saturated heterocycles. The Labute approximate surface area is 183 Å². The Bertz CT molecular complexity index is 876. The van der Waals surface area contributed by atoms with Crippen LogP contribution >= 0.6 is 24.0 Å². The third-order valence-electron chi connectivity index (χ3n) is 4.29. The van der Waals surface area contributed by atoms with E-state index in [2.05, 4.69) is 58.7 Å². The van der Waals surface area contributed by atoms with Gasteiger partial charge in [-0.3, -0.25) is 4.57 Å². The van der Waals surface area contributed by atoms with Gasteiger partial charge in [0.1, 0.15) is 12.1 Å². The van der Waals surface area contributed by atoms with Crippen molar-refractivity contribution in [1.82, 2.24) is 25.2 Å². The summed E-state index contributed by atoms with van der Waals surface area (Å²) >= 11 is 0. The first-order valence-electron chi connectivity index (χ1n) is 9.32. The van der Waals surface area contributed by atoms with Crippen LogP contribution in [-0.2, 0) is 19.5 Å². The van der Waals surface area contributed by atoms with Crippen molar-refractivity contribution in [3.8, 4) is 5.82 Å². The van der Waals surface area contributed by atoms with Crippen molar-refractivity contribution in [2.24, 2.45) is 4.99 Å². The number of imidazole rings is 1. The van der Waals surface area contributed by atoms with Gasteiger partial charge < -0.3 is 10.6 Å². The molecule has 0 radical (unpaired) electrons. The largest absolute Gasteiger partial charge is 0.357 e. The third kappa shape index (κ3) is 6.05. The minimum Gasteiger partial charge on any atom is -0.357 e. The van der Waals surface area contributed by atoms with Crippen molar-refractivity contribution in [1.29, 1.82) is 0 Å². The molecule has 0 unspecified atom stereocenters. The van der Waals surface area contributed by atoms with Crippen LogP contribution in [-0.4, -0.2) is 27.0 Å². The van der Waals surface area contributed by atoms with Gasteiger partial charge in [-0.2, -0.15) is 0 Å². The molecule has 2 N–H and O–H groups in total. The molecule has 2 heterocycles. The van der Waals surface area contributed by atoms with Crippen LogP contribution in [0.4, 0.5) is 0 Å². The Morgan fingerprint density at radius 1 is 1.07 bits per heavy atom. The summed E-state index contributed by atoms with van der Waals surface area (Å²) in [6.45, 7) is 6.40. The quantitative estimate of drug-likeness (QED) is 0.301. The number of pyridine rings is 1. The van der Waals surface area contributed by atoms with Crippen LogP contribution in [0.2, 0.25) is 0 Å². The van der Waals surface area contributed by atoms with E-state index in [1.165, 1.54) is 11.1 Å². The highest BCUT2D eigenvalue weighted by atomic mass is 127. The van der Waals surface area contributed by atoms with E-state index in [-0.39, 0.29) is 24.0 Å². The van der Waals surface area contributed by atoms with Crippen LogP contribution in [0.1, 0.15) is 30.5 Å². The Morgan fingerprint density at radius 3 is 2.61 bits per heavy atom. The molecule has 0 saturated carbocycles. The first-order chi connectivity index (χ1) is 13.3. The summed E-state index contributed by atoms with van der Waals surface area (Å²) in [6.07, 6.45) is 8.20. The van der Waals surface area contributed by atoms with Crippen LogP contribution < -0.4 is 10.6 Å². The molecule has 0 aliphatic carbocycles. The highest BCUT2D eigenvalue weighted by Gasteiger charge is 2.03. The van der Waals surface area contributed by atoms with E-state index in [1.54, 1.807) is 18.7 Å². The zero-order valence-electron chi connectivity index (χ0n) is 16.3. The van der Waals surface area contributed by atoms with Gasteiger partial charge in [0.2, 0.25) is 0 Å². The number of nitrogens with zero attached hydrogens (tertiary/aromatic N) is 4. The van der Waals surface area contributed by atoms with Crippen LogP contribution in [0, 0.1) is 0 Å². The fourth-order valence-corrected chi connectivity index (χ4v) is 2.86. The van der Waals surface area contributed by atoms with Crippen molar-refractivity contribution >= 4 is 29.9 Å². The van der Waals surface area contributed by atoms with Gasteiger partial charge in [0.15, 0.2) is 5.96 Å². The monoisotopic (exact) mass is 490 g/mol. The van der Waals surface area contributed by atoms with Gasteiger partial charge in [-0.15, -0.1) is 24.0 Å². The molecule has 6 nitrogen and oxygen atoms in total. The first kappa shape index (κ1) is 21.9. The van der Waals surface area contributed by atoms with Gasteiger partial charge in [-0.25, -0.2) is 15.0 Å². The number of hydrogen-bond acceptors (Lipinski definition) is 3. The number of halogens is 1. The molecule has 148 valence electrons. The van der Waals surface area contributed by atoms with Crippen LogP contribution in [0.5, 0.6) is 0 Å². The normalized spacial score (nSPS) is 11.0. The lowest BCUT2D eigenvalue weighted by molar-refractivity contribution is 0.808. The maximum Gasteiger partial charge on any atom is 0.191 e. The number of guanidine groups is 1. The molecular formula is C21H27IN6. The Hall–Kier alpha value is -2.42. The van der Waals surface area contributed by atoms with Crippen molar-refractivity contribution in [3.05, 3.63) is 78.0 Å². The van der Waals surface area contributed by atoms with E-state index >= 15 is 0 Å². The van der Waals surface area contributed by atoms with Crippen molar-refractivity contribution < 1.29 is 0 Å². The van der Waals surface area contributed by atoms with E-state index in [1.807, 2.05) is 22.9 Å².